The van der Waals surface area contributed by atoms with Crippen molar-refractivity contribution in [3.05, 3.63) is 65.7 Å². The first-order chi connectivity index (χ1) is 19.2. The lowest BCUT2D eigenvalue weighted by molar-refractivity contribution is -0.274. The second-order valence-electron chi connectivity index (χ2n) is 9.18. The predicted molar refractivity (Wildman–Crippen MR) is 136 cm³/mol. The van der Waals surface area contributed by atoms with E-state index in [1.54, 1.807) is 12.1 Å². The highest BCUT2D eigenvalue weighted by Crippen LogP contribution is 2.46. The van der Waals surface area contributed by atoms with Crippen LogP contribution in [0.2, 0.25) is 0 Å². The molecule has 2 aromatic heterocycles. The second-order valence-corrected chi connectivity index (χ2v) is 10.1. The van der Waals surface area contributed by atoms with E-state index in [4.69, 9.17) is 9.84 Å². The molecule has 0 aliphatic carbocycles. The van der Waals surface area contributed by atoms with Crippen LogP contribution in [0.15, 0.2) is 54.6 Å². The number of aromatic nitrogens is 6. The molecule has 2 aliphatic heterocycles. The Bertz CT molecular complexity index is 1590. The number of hydrogen-bond donors (Lipinski definition) is 1. The zero-order valence-corrected chi connectivity index (χ0v) is 21.4. The van der Waals surface area contributed by atoms with Gasteiger partial charge in [0.25, 0.3) is 0 Å². The number of alkyl halides is 3. The average molecular weight is 572 g/mol. The molecule has 0 bridgehead atoms. The number of nitrogens with zero attached hydrogens (tertiary/aromatic N) is 7. The lowest BCUT2D eigenvalue weighted by Crippen LogP contribution is -2.48. The molecule has 2 aromatic carbocycles. The minimum absolute atomic E-state index is 0.179. The summed E-state index contributed by atoms with van der Waals surface area (Å²) in [7, 11) is 0. The van der Waals surface area contributed by atoms with Crippen molar-refractivity contribution in [2.75, 3.05) is 18.0 Å². The predicted octanol–water partition coefficient (Wildman–Crippen LogP) is 4.04. The van der Waals surface area contributed by atoms with Gasteiger partial charge in [-0.2, -0.15) is 4.80 Å². The maximum atomic E-state index is 13.2. The van der Waals surface area contributed by atoms with Crippen molar-refractivity contribution in [3.63, 3.8) is 0 Å². The molecule has 6 rings (SSSR count). The Morgan fingerprint density at radius 2 is 1.77 bits per heavy atom. The van der Waals surface area contributed by atoms with Crippen LogP contribution in [-0.4, -0.2) is 66.5 Å². The summed E-state index contributed by atoms with van der Waals surface area (Å²) in [5.74, 6) is -0.604. The molecule has 0 radical (unpaired) electrons. The number of carboxylic acids is 1. The van der Waals surface area contributed by atoms with Gasteiger partial charge in [-0.1, -0.05) is 47.7 Å². The van der Waals surface area contributed by atoms with Crippen molar-refractivity contribution in [1.29, 1.82) is 0 Å². The number of halogens is 3. The fourth-order valence-corrected chi connectivity index (χ4v) is 5.59. The highest BCUT2D eigenvalue weighted by Gasteiger charge is 2.41. The SMILES string of the molecule is O=C(O)Cn1nnc(-c2nnc(N3CCC4(C=C(c5ccccc5OC(F)(F)F)c5ccccc5O4)CC3)s2)n1. The molecule has 1 saturated heterocycles. The number of ether oxygens (including phenoxy) is 2. The molecular formula is C25H20F3N7O4S. The Balaban J connectivity index is 1.25. The normalized spacial score (nSPS) is 16.3. The Morgan fingerprint density at radius 3 is 2.52 bits per heavy atom. The summed E-state index contributed by atoms with van der Waals surface area (Å²) in [4.78, 5) is 13.9. The third kappa shape index (κ3) is 5.19. The summed E-state index contributed by atoms with van der Waals surface area (Å²) in [5, 5.41) is 29.9. The second kappa shape index (κ2) is 9.89. The first-order valence-electron chi connectivity index (χ1n) is 12.1. The molecule has 206 valence electrons. The van der Waals surface area contributed by atoms with Crippen LogP contribution in [0.1, 0.15) is 24.0 Å². The number of aliphatic carboxylic acids is 1. The van der Waals surface area contributed by atoms with E-state index in [0.29, 0.717) is 58.5 Å². The van der Waals surface area contributed by atoms with Gasteiger partial charge in [-0.05, 0) is 29.0 Å². The first-order valence-corrected chi connectivity index (χ1v) is 12.9. The van der Waals surface area contributed by atoms with Crippen LogP contribution >= 0.6 is 11.3 Å². The van der Waals surface area contributed by atoms with Crippen molar-refractivity contribution in [2.24, 2.45) is 0 Å². The summed E-state index contributed by atoms with van der Waals surface area (Å²) in [6.07, 6.45) is -1.85. The van der Waals surface area contributed by atoms with Crippen LogP contribution in [0.3, 0.4) is 0 Å². The van der Waals surface area contributed by atoms with Crippen LogP contribution in [0.5, 0.6) is 11.5 Å². The molecule has 0 amide bonds. The van der Waals surface area contributed by atoms with Crippen LogP contribution in [0, 0.1) is 0 Å². The molecule has 15 heteroatoms. The Labute approximate surface area is 228 Å². The minimum atomic E-state index is -4.83. The van der Waals surface area contributed by atoms with E-state index in [1.807, 2.05) is 35.2 Å². The van der Waals surface area contributed by atoms with Gasteiger partial charge in [0.15, 0.2) is 11.6 Å². The van der Waals surface area contributed by atoms with Crippen molar-refractivity contribution in [1.82, 2.24) is 30.4 Å². The van der Waals surface area contributed by atoms with Crippen LogP contribution in [-0.2, 0) is 11.3 Å². The van der Waals surface area contributed by atoms with Crippen LogP contribution in [0.4, 0.5) is 18.3 Å². The number of fused-ring (bicyclic) bond motifs is 1. The molecule has 1 fully saturated rings. The largest absolute Gasteiger partial charge is 0.573 e. The Kier molecular flexibility index (Phi) is 6.37. The Morgan fingerprint density at radius 1 is 1.05 bits per heavy atom. The van der Waals surface area contributed by atoms with Crippen molar-refractivity contribution < 1.29 is 32.5 Å². The van der Waals surface area contributed by atoms with Gasteiger partial charge in [-0.3, -0.25) is 4.79 Å². The first kappa shape index (κ1) is 25.7. The Hall–Kier alpha value is -4.53. The quantitative estimate of drug-likeness (QED) is 0.362. The van der Waals surface area contributed by atoms with Gasteiger partial charge >= 0.3 is 12.3 Å². The number of hydrogen-bond acceptors (Lipinski definition) is 10. The highest BCUT2D eigenvalue weighted by atomic mass is 32.1. The monoisotopic (exact) mass is 571 g/mol. The van der Waals surface area contributed by atoms with Gasteiger partial charge in [0.05, 0.1) is 0 Å². The number of tetrazole rings is 1. The summed E-state index contributed by atoms with van der Waals surface area (Å²) < 4.78 is 50.4. The molecule has 0 saturated carbocycles. The van der Waals surface area contributed by atoms with Gasteiger partial charge in [0.2, 0.25) is 11.0 Å². The summed E-state index contributed by atoms with van der Waals surface area (Å²) in [6.45, 7) is 0.666. The van der Waals surface area contributed by atoms with Gasteiger partial charge in [0, 0.05) is 37.1 Å². The summed E-state index contributed by atoms with van der Waals surface area (Å²) in [6, 6.07) is 13.4. The average Bonchev–Trinajstić information content (AvgIpc) is 3.58. The smallest absolute Gasteiger partial charge is 0.482 e. The molecule has 2 aliphatic rings. The lowest BCUT2D eigenvalue weighted by Gasteiger charge is -2.43. The number of para-hydroxylation sites is 2. The van der Waals surface area contributed by atoms with E-state index in [2.05, 4.69) is 30.3 Å². The molecule has 1 N–H and O–H groups in total. The summed E-state index contributed by atoms with van der Waals surface area (Å²) >= 11 is 1.25. The zero-order valence-electron chi connectivity index (χ0n) is 20.6. The summed E-state index contributed by atoms with van der Waals surface area (Å²) in [5.41, 5.74) is 0.879. The van der Waals surface area contributed by atoms with Crippen molar-refractivity contribution in [2.45, 2.75) is 31.3 Å². The van der Waals surface area contributed by atoms with E-state index in [9.17, 15) is 18.0 Å². The van der Waals surface area contributed by atoms with E-state index < -0.39 is 24.5 Å². The van der Waals surface area contributed by atoms with Crippen LogP contribution in [0.25, 0.3) is 16.4 Å². The van der Waals surface area contributed by atoms with Crippen LogP contribution < -0.4 is 14.4 Å². The topological polar surface area (TPSA) is 128 Å². The molecule has 4 heterocycles. The van der Waals surface area contributed by atoms with E-state index >= 15 is 0 Å². The third-order valence-corrected chi connectivity index (χ3v) is 7.50. The third-order valence-electron chi connectivity index (χ3n) is 6.52. The standard InChI is InChI=1S/C25H20F3N7O4S/c26-25(27,28)39-19-8-4-2-6-16(19)17-13-24(38-18-7-3-1-5-15(17)18)9-11-34(12-10-24)23-31-30-22(40-23)21-29-33-35(32-21)14-20(36)37/h1-8,13H,9-12,14H2,(H,36,37). The van der Waals surface area contributed by atoms with E-state index in [1.165, 1.54) is 23.5 Å². The van der Waals surface area contributed by atoms with Gasteiger partial charge in [-0.15, -0.1) is 33.6 Å². The molecule has 1 spiro atoms. The molecular weight excluding hydrogens is 551 g/mol. The van der Waals surface area contributed by atoms with Gasteiger partial charge in [0.1, 0.15) is 17.1 Å². The molecule has 40 heavy (non-hydrogen) atoms. The highest BCUT2D eigenvalue weighted by molar-refractivity contribution is 7.18. The van der Waals surface area contributed by atoms with Gasteiger partial charge in [-0.25, -0.2) is 0 Å². The van der Waals surface area contributed by atoms with E-state index in [0.717, 1.165) is 4.80 Å². The van der Waals surface area contributed by atoms with Crippen molar-refractivity contribution >= 4 is 28.0 Å². The molecule has 0 unspecified atom stereocenters. The van der Waals surface area contributed by atoms with Crippen molar-refractivity contribution in [3.8, 4) is 22.3 Å². The number of anilines is 1. The number of carbonyl (C=O) groups is 1. The van der Waals surface area contributed by atoms with Gasteiger partial charge < -0.3 is 19.5 Å². The number of rotatable bonds is 6. The fourth-order valence-electron chi connectivity index (χ4n) is 4.77. The minimum Gasteiger partial charge on any atom is -0.482 e. The molecule has 11 nitrogen and oxygen atoms in total. The zero-order chi connectivity index (χ0) is 27.9. The fraction of sp³-hybridized carbons (Fsp3) is 0.280. The maximum absolute atomic E-state index is 13.2. The molecule has 4 aromatic rings. The lowest BCUT2D eigenvalue weighted by atomic mass is 9.83. The molecule has 0 atom stereocenters. The number of benzene rings is 2. The maximum Gasteiger partial charge on any atom is 0.573 e. The number of piperidine rings is 1. The van der Waals surface area contributed by atoms with E-state index in [-0.39, 0.29) is 11.6 Å². The number of carboxylic acid groups (broad SMARTS) is 1.